The van der Waals surface area contributed by atoms with Gasteiger partial charge < -0.3 is 25.3 Å². The number of aromatic hydroxyl groups is 3. The van der Waals surface area contributed by atoms with Gasteiger partial charge in [-0.05, 0) is 121 Å². The van der Waals surface area contributed by atoms with Crippen molar-refractivity contribution in [3.05, 3.63) is 137 Å². The molecule has 0 radical (unpaired) electrons. The van der Waals surface area contributed by atoms with Crippen LogP contribution in [0.4, 0.5) is 0 Å². The van der Waals surface area contributed by atoms with E-state index in [-0.39, 0.29) is 17.6 Å². The maximum atomic E-state index is 12.5. The Labute approximate surface area is 362 Å². The van der Waals surface area contributed by atoms with E-state index in [2.05, 4.69) is 102 Å². The number of aromatic nitrogens is 2. The standard InChI is InChI=1S/C56H64N2O3/c1-2-3-4-5-6-7-20-31-56(46-27-16-19-30-53(46)59,47-34-42(38-21-10-8-11-22-38)54(60)36-44(47)51-32-40-25-14-17-28-49(40)57-51)48-35-43(39-23-12-9-13-24-39)55(61)37-45(48)52-33-41-26-15-18-29-50(41)58-52/h14-19,25-30,32-39,57-61H,2-13,20-24,31H2,1H3. The number of rotatable bonds is 15. The molecule has 7 aromatic rings. The van der Waals surface area contributed by atoms with Crippen LogP contribution in [0.1, 0.15) is 162 Å². The van der Waals surface area contributed by atoms with E-state index in [0.717, 1.165) is 149 Å². The molecule has 61 heavy (non-hydrogen) atoms. The van der Waals surface area contributed by atoms with Crippen LogP contribution in [0.5, 0.6) is 17.2 Å². The second-order valence-electron chi connectivity index (χ2n) is 18.4. The molecule has 5 aromatic carbocycles. The van der Waals surface area contributed by atoms with Crippen molar-refractivity contribution in [3.63, 3.8) is 0 Å². The molecule has 2 saturated carbocycles. The van der Waals surface area contributed by atoms with Gasteiger partial charge in [0.05, 0.1) is 5.41 Å². The van der Waals surface area contributed by atoms with Crippen LogP contribution in [0.15, 0.2) is 109 Å². The summed E-state index contributed by atoms with van der Waals surface area (Å²) < 4.78 is 0. The fraction of sp³-hybridized carbons (Fsp3) is 0.393. The van der Waals surface area contributed by atoms with Crippen molar-refractivity contribution >= 4 is 21.8 Å². The maximum Gasteiger partial charge on any atom is 0.120 e. The van der Waals surface area contributed by atoms with Gasteiger partial charge in [0, 0.05) is 49.9 Å². The van der Waals surface area contributed by atoms with Gasteiger partial charge in [0.1, 0.15) is 17.2 Å². The van der Waals surface area contributed by atoms with Gasteiger partial charge in [-0.15, -0.1) is 0 Å². The Balaban J connectivity index is 1.38. The summed E-state index contributed by atoms with van der Waals surface area (Å²) >= 11 is 0. The molecule has 0 unspecified atom stereocenters. The zero-order chi connectivity index (χ0) is 41.8. The average molecular weight is 813 g/mol. The predicted molar refractivity (Wildman–Crippen MR) is 253 cm³/mol. The summed E-state index contributed by atoms with van der Waals surface area (Å²) in [4.78, 5) is 7.56. The first-order valence-electron chi connectivity index (χ1n) is 23.6. The zero-order valence-electron chi connectivity index (χ0n) is 36.1. The Bertz CT molecular complexity index is 2370. The van der Waals surface area contributed by atoms with Gasteiger partial charge in [-0.25, -0.2) is 0 Å². The molecule has 5 heteroatoms. The number of hydrogen-bond donors (Lipinski definition) is 5. The summed E-state index contributed by atoms with van der Waals surface area (Å²) in [7, 11) is 0. The molecular formula is C56H64N2O3. The van der Waals surface area contributed by atoms with Gasteiger partial charge in [0.2, 0.25) is 0 Å². The molecule has 0 bridgehead atoms. The predicted octanol–water partition coefficient (Wildman–Crippen LogP) is 15.7. The zero-order valence-corrected chi connectivity index (χ0v) is 36.1. The van der Waals surface area contributed by atoms with E-state index in [1.807, 2.05) is 24.3 Å². The van der Waals surface area contributed by atoms with Crippen molar-refractivity contribution < 1.29 is 15.3 Å². The molecule has 2 fully saturated rings. The van der Waals surface area contributed by atoms with Crippen molar-refractivity contribution in [2.75, 3.05) is 0 Å². The SMILES string of the molecule is CCCCCCCCCC(c1ccccc1O)(c1cc(C2CCCCC2)c(O)cc1-c1cc2ccccc2[nH]1)c1cc(C2CCCCC2)c(O)cc1-c1cc2ccccc2[nH]1. The first-order chi connectivity index (χ1) is 29.9. The molecule has 2 heterocycles. The quantitative estimate of drug-likeness (QED) is 0.0527. The highest BCUT2D eigenvalue weighted by atomic mass is 16.3. The molecular weight excluding hydrogens is 749 g/mol. The minimum absolute atomic E-state index is 0.246. The van der Waals surface area contributed by atoms with Gasteiger partial charge in [-0.1, -0.05) is 145 Å². The van der Waals surface area contributed by atoms with E-state index < -0.39 is 5.41 Å². The molecule has 5 N–H and O–H groups in total. The summed E-state index contributed by atoms with van der Waals surface area (Å²) in [5.41, 5.74) is 10.0. The van der Waals surface area contributed by atoms with Crippen LogP contribution in [0, 0.1) is 0 Å². The lowest BCUT2D eigenvalue weighted by molar-refractivity contribution is 0.409. The van der Waals surface area contributed by atoms with E-state index in [1.165, 1.54) is 38.5 Å². The molecule has 5 nitrogen and oxygen atoms in total. The molecule has 2 aliphatic carbocycles. The van der Waals surface area contributed by atoms with Crippen LogP contribution in [-0.2, 0) is 5.41 Å². The second kappa shape index (κ2) is 18.3. The minimum Gasteiger partial charge on any atom is -0.508 e. The number of benzene rings is 5. The van der Waals surface area contributed by atoms with E-state index in [0.29, 0.717) is 11.5 Å². The normalized spacial score (nSPS) is 15.6. The topological polar surface area (TPSA) is 92.3 Å². The fourth-order valence-electron chi connectivity index (χ4n) is 11.3. The summed E-state index contributed by atoms with van der Waals surface area (Å²) in [6.07, 6.45) is 20.1. The Morgan fingerprint density at radius 3 is 1.43 bits per heavy atom. The molecule has 0 aliphatic heterocycles. The number of unbranched alkanes of at least 4 members (excludes halogenated alkanes) is 6. The largest absolute Gasteiger partial charge is 0.508 e. The van der Waals surface area contributed by atoms with Crippen molar-refractivity contribution in [1.82, 2.24) is 9.97 Å². The minimum atomic E-state index is -0.887. The summed E-state index contributed by atoms with van der Waals surface area (Å²) in [6.45, 7) is 2.27. The van der Waals surface area contributed by atoms with Crippen LogP contribution in [0.25, 0.3) is 44.3 Å². The first-order valence-corrected chi connectivity index (χ1v) is 23.6. The third-order valence-corrected chi connectivity index (χ3v) is 14.5. The smallest absolute Gasteiger partial charge is 0.120 e. The maximum absolute atomic E-state index is 12.5. The number of nitrogens with one attached hydrogen (secondary N) is 2. The molecule has 0 saturated heterocycles. The van der Waals surface area contributed by atoms with Crippen molar-refractivity contribution in [1.29, 1.82) is 0 Å². The molecule has 0 spiro atoms. The monoisotopic (exact) mass is 812 g/mol. The highest BCUT2D eigenvalue weighted by Crippen LogP contribution is 2.56. The van der Waals surface area contributed by atoms with Crippen LogP contribution in [-0.4, -0.2) is 25.3 Å². The summed E-state index contributed by atoms with van der Waals surface area (Å²) in [5, 5.41) is 39.2. The number of para-hydroxylation sites is 3. The number of phenolic OH excluding ortho intramolecular Hbond substituents is 3. The van der Waals surface area contributed by atoms with Crippen LogP contribution >= 0.6 is 0 Å². The highest BCUT2D eigenvalue weighted by Gasteiger charge is 2.44. The molecule has 9 rings (SSSR count). The lowest BCUT2D eigenvalue weighted by Crippen LogP contribution is -2.32. The molecule has 0 amide bonds. The lowest BCUT2D eigenvalue weighted by atomic mass is 9.62. The van der Waals surface area contributed by atoms with Gasteiger partial charge >= 0.3 is 0 Å². The third kappa shape index (κ3) is 8.21. The highest BCUT2D eigenvalue weighted by molar-refractivity contribution is 5.90. The van der Waals surface area contributed by atoms with Gasteiger partial charge in [0.15, 0.2) is 0 Å². The first kappa shape index (κ1) is 41.0. The van der Waals surface area contributed by atoms with Crippen LogP contribution in [0.3, 0.4) is 0 Å². The van der Waals surface area contributed by atoms with E-state index in [4.69, 9.17) is 0 Å². The summed E-state index contributed by atoms with van der Waals surface area (Å²) in [5.74, 6) is 1.44. The molecule has 2 aromatic heterocycles. The van der Waals surface area contributed by atoms with Crippen LogP contribution < -0.4 is 0 Å². The van der Waals surface area contributed by atoms with E-state index >= 15 is 0 Å². The Hall–Kier alpha value is -5.42. The van der Waals surface area contributed by atoms with E-state index in [1.54, 1.807) is 0 Å². The third-order valence-electron chi connectivity index (χ3n) is 14.5. The Morgan fingerprint density at radius 1 is 0.475 bits per heavy atom. The number of fused-ring (bicyclic) bond motifs is 2. The van der Waals surface area contributed by atoms with Crippen molar-refractivity contribution in [3.8, 4) is 39.8 Å². The Morgan fingerprint density at radius 2 is 0.934 bits per heavy atom. The van der Waals surface area contributed by atoms with Crippen LogP contribution in [0.2, 0.25) is 0 Å². The van der Waals surface area contributed by atoms with Gasteiger partial charge in [-0.3, -0.25) is 0 Å². The lowest BCUT2D eigenvalue weighted by Gasteiger charge is -2.41. The number of H-pyrrole nitrogens is 2. The van der Waals surface area contributed by atoms with Crippen molar-refractivity contribution in [2.45, 2.75) is 140 Å². The van der Waals surface area contributed by atoms with E-state index in [9.17, 15) is 15.3 Å². The number of hydrogen-bond acceptors (Lipinski definition) is 3. The second-order valence-corrected chi connectivity index (χ2v) is 18.4. The van der Waals surface area contributed by atoms with Gasteiger partial charge in [-0.2, -0.15) is 0 Å². The fourth-order valence-corrected chi connectivity index (χ4v) is 11.3. The summed E-state index contributed by atoms with van der Waals surface area (Å²) in [6, 6.07) is 38.0. The number of phenols is 3. The van der Waals surface area contributed by atoms with Gasteiger partial charge in [0.25, 0.3) is 0 Å². The molecule has 2 aliphatic rings. The molecule has 316 valence electrons. The number of aromatic amines is 2. The molecule has 0 atom stereocenters. The Kier molecular flexibility index (Phi) is 12.3. The van der Waals surface area contributed by atoms with Crippen molar-refractivity contribution in [2.24, 2.45) is 0 Å². The average Bonchev–Trinajstić information content (AvgIpc) is 3.94.